The third-order valence-electron chi connectivity index (χ3n) is 5.20. The van der Waals surface area contributed by atoms with E-state index in [1.54, 1.807) is 14.0 Å². The van der Waals surface area contributed by atoms with Crippen molar-refractivity contribution in [3.05, 3.63) is 53.1 Å². The Morgan fingerprint density at radius 2 is 1.78 bits per heavy atom. The molecule has 0 saturated carbocycles. The molecule has 1 atom stereocenters. The van der Waals surface area contributed by atoms with Crippen molar-refractivity contribution >= 4 is 23.7 Å². The average Bonchev–Trinajstić information content (AvgIpc) is 2.77. The summed E-state index contributed by atoms with van der Waals surface area (Å²) in [5.74, 6) is 1.48. The van der Waals surface area contributed by atoms with Gasteiger partial charge in [-0.05, 0) is 54.3 Å². The number of ether oxygens (including phenoxy) is 3. The lowest BCUT2D eigenvalue weighted by atomic mass is 10.00. The molecule has 0 saturated heterocycles. The summed E-state index contributed by atoms with van der Waals surface area (Å²) in [5, 5.41) is 9.55. The van der Waals surface area contributed by atoms with Gasteiger partial charge in [0.1, 0.15) is 18.1 Å². The molecule has 0 spiro atoms. The lowest BCUT2D eigenvalue weighted by Gasteiger charge is -2.28. The number of hydrogen-bond donors (Lipinski definition) is 1. The molecule has 172 valence electrons. The third kappa shape index (κ3) is 6.34. The van der Waals surface area contributed by atoms with E-state index in [4.69, 9.17) is 14.2 Å². The minimum absolute atomic E-state index is 0.0640. The fourth-order valence-electron chi connectivity index (χ4n) is 3.58. The minimum atomic E-state index is -0.566. The number of amides is 1. The number of aliphatic hydroxyl groups excluding tert-OH is 1. The maximum atomic E-state index is 13.1. The van der Waals surface area contributed by atoms with E-state index in [1.807, 2.05) is 54.3 Å². The summed E-state index contributed by atoms with van der Waals surface area (Å²) in [7, 11) is 1.68. The van der Waals surface area contributed by atoms with Crippen LogP contribution in [0.1, 0.15) is 49.8 Å². The van der Waals surface area contributed by atoms with Crippen LogP contribution in [0.3, 0.4) is 0 Å². The molecule has 0 bridgehead atoms. The van der Waals surface area contributed by atoms with E-state index >= 15 is 0 Å². The number of hydrogen-bond acceptors (Lipinski definition) is 5. The average molecular weight is 440 g/mol. The van der Waals surface area contributed by atoms with E-state index < -0.39 is 6.10 Å². The monoisotopic (exact) mass is 439 g/mol. The zero-order valence-electron chi connectivity index (χ0n) is 19.2. The summed E-state index contributed by atoms with van der Waals surface area (Å²) < 4.78 is 16.7. The van der Waals surface area contributed by atoms with Crippen LogP contribution >= 0.6 is 0 Å². The summed E-state index contributed by atoms with van der Waals surface area (Å²) in [6.07, 6.45) is 5.58. The molecule has 1 heterocycles. The zero-order valence-corrected chi connectivity index (χ0v) is 19.2. The summed E-state index contributed by atoms with van der Waals surface area (Å²) in [4.78, 5) is 14.9. The van der Waals surface area contributed by atoms with Crippen LogP contribution in [-0.4, -0.2) is 44.0 Å². The molecule has 1 N–H and O–H groups in total. The number of benzene rings is 2. The molecule has 0 aliphatic carbocycles. The number of anilines is 1. The molecule has 6 nitrogen and oxygen atoms in total. The van der Waals surface area contributed by atoms with Gasteiger partial charge in [0, 0.05) is 32.6 Å². The lowest BCUT2D eigenvalue weighted by molar-refractivity contribution is -0.118. The molecule has 2 aromatic carbocycles. The van der Waals surface area contributed by atoms with Gasteiger partial charge in [-0.25, -0.2) is 0 Å². The van der Waals surface area contributed by atoms with Crippen molar-refractivity contribution in [1.82, 2.24) is 0 Å². The van der Waals surface area contributed by atoms with Crippen LogP contribution in [0.4, 0.5) is 5.69 Å². The standard InChI is InChI=1S/C26H33NO5/c1-4-6-26(29)27-17-22-15-23(31-14-5-13-30-3)11-9-20(22)7-8-21-10-12-24(16-25(21)27)32-18-19(2)28/h7-12,15-16,19,28H,4-6,13-14,17-18H2,1-3H3/b8-7-. The van der Waals surface area contributed by atoms with Gasteiger partial charge in [-0.2, -0.15) is 0 Å². The molecule has 0 radical (unpaired) electrons. The highest BCUT2D eigenvalue weighted by Gasteiger charge is 2.22. The van der Waals surface area contributed by atoms with E-state index in [0.29, 0.717) is 31.9 Å². The molecule has 1 unspecified atom stereocenters. The van der Waals surface area contributed by atoms with Gasteiger partial charge in [-0.1, -0.05) is 25.1 Å². The Labute approximate surface area is 190 Å². The van der Waals surface area contributed by atoms with Crippen molar-refractivity contribution in [2.75, 3.05) is 31.8 Å². The second-order valence-corrected chi connectivity index (χ2v) is 8.00. The fourth-order valence-corrected chi connectivity index (χ4v) is 3.58. The van der Waals surface area contributed by atoms with Gasteiger partial charge in [-0.15, -0.1) is 0 Å². The van der Waals surface area contributed by atoms with E-state index in [-0.39, 0.29) is 12.5 Å². The highest BCUT2D eigenvalue weighted by atomic mass is 16.5. The van der Waals surface area contributed by atoms with Gasteiger partial charge in [0.05, 0.1) is 24.9 Å². The number of carbonyl (C=O) groups excluding carboxylic acids is 1. The maximum absolute atomic E-state index is 13.1. The molecule has 3 rings (SSSR count). The molecule has 1 amide bonds. The Morgan fingerprint density at radius 3 is 2.50 bits per heavy atom. The first-order valence-electron chi connectivity index (χ1n) is 11.2. The Hall–Kier alpha value is -2.83. The predicted molar refractivity (Wildman–Crippen MR) is 127 cm³/mol. The molecule has 0 fully saturated rings. The SMILES string of the molecule is CCCC(=O)N1Cc2cc(OCCCOC)ccc2/C=C\c2ccc(OCC(C)O)cc21. The van der Waals surface area contributed by atoms with Gasteiger partial charge in [-0.3, -0.25) is 4.79 Å². The number of carbonyl (C=O) groups is 1. The van der Waals surface area contributed by atoms with Gasteiger partial charge >= 0.3 is 0 Å². The third-order valence-corrected chi connectivity index (χ3v) is 5.20. The van der Waals surface area contributed by atoms with Crippen molar-refractivity contribution in [2.45, 2.75) is 45.8 Å². The first-order chi connectivity index (χ1) is 15.5. The van der Waals surface area contributed by atoms with Gasteiger partial charge in [0.15, 0.2) is 0 Å². The Morgan fingerprint density at radius 1 is 1.06 bits per heavy atom. The molecule has 2 aromatic rings. The van der Waals surface area contributed by atoms with Crippen LogP contribution in [0.15, 0.2) is 36.4 Å². The topological polar surface area (TPSA) is 68.2 Å². The van der Waals surface area contributed by atoms with E-state index in [1.165, 1.54) is 0 Å². The highest BCUT2D eigenvalue weighted by Crippen LogP contribution is 2.34. The highest BCUT2D eigenvalue weighted by molar-refractivity contribution is 5.97. The second kappa shape index (κ2) is 11.7. The van der Waals surface area contributed by atoms with Gasteiger partial charge in [0.2, 0.25) is 5.91 Å². The minimum Gasteiger partial charge on any atom is -0.493 e. The number of aliphatic hydroxyl groups is 1. The fraction of sp³-hybridized carbons (Fsp3) is 0.423. The molecular formula is C26H33NO5. The number of methoxy groups -OCH3 is 1. The van der Waals surface area contributed by atoms with Crippen LogP contribution in [-0.2, 0) is 16.1 Å². The number of nitrogens with zero attached hydrogens (tertiary/aromatic N) is 1. The molecular weight excluding hydrogens is 406 g/mol. The summed E-state index contributed by atoms with van der Waals surface area (Å²) in [6.45, 7) is 5.56. The van der Waals surface area contributed by atoms with Crippen molar-refractivity contribution in [2.24, 2.45) is 0 Å². The van der Waals surface area contributed by atoms with Crippen LogP contribution in [0, 0.1) is 0 Å². The molecule has 0 aromatic heterocycles. The number of fused-ring (bicyclic) bond motifs is 2. The molecule has 1 aliphatic heterocycles. The quantitative estimate of drug-likeness (QED) is 0.545. The smallest absolute Gasteiger partial charge is 0.227 e. The normalized spacial score (nSPS) is 14.6. The largest absolute Gasteiger partial charge is 0.493 e. The van der Waals surface area contributed by atoms with Crippen LogP contribution in [0.25, 0.3) is 12.2 Å². The van der Waals surface area contributed by atoms with Crippen molar-refractivity contribution in [3.63, 3.8) is 0 Å². The second-order valence-electron chi connectivity index (χ2n) is 8.00. The Balaban J connectivity index is 1.93. The zero-order chi connectivity index (χ0) is 22.9. The summed E-state index contributed by atoms with van der Waals surface area (Å²) in [5.41, 5.74) is 3.84. The van der Waals surface area contributed by atoms with E-state index in [2.05, 4.69) is 6.08 Å². The molecule has 32 heavy (non-hydrogen) atoms. The van der Waals surface area contributed by atoms with Crippen molar-refractivity contribution in [1.29, 1.82) is 0 Å². The van der Waals surface area contributed by atoms with E-state index in [0.717, 1.165) is 41.0 Å². The van der Waals surface area contributed by atoms with Crippen LogP contribution in [0.5, 0.6) is 11.5 Å². The van der Waals surface area contributed by atoms with Gasteiger partial charge < -0.3 is 24.2 Å². The Kier molecular flexibility index (Phi) is 8.71. The summed E-state index contributed by atoms with van der Waals surface area (Å²) in [6, 6.07) is 11.7. The first-order valence-corrected chi connectivity index (χ1v) is 11.2. The molecule has 1 aliphatic rings. The Bertz CT molecular complexity index is 938. The van der Waals surface area contributed by atoms with Crippen LogP contribution in [0.2, 0.25) is 0 Å². The first kappa shape index (κ1) is 23.8. The van der Waals surface area contributed by atoms with Crippen molar-refractivity contribution < 1.29 is 24.1 Å². The summed E-state index contributed by atoms with van der Waals surface area (Å²) >= 11 is 0. The number of rotatable bonds is 10. The lowest BCUT2D eigenvalue weighted by Crippen LogP contribution is -2.31. The van der Waals surface area contributed by atoms with E-state index in [9.17, 15) is 9.90 Å². The van der Waals surface area contributed by atoms with Crippen molar-refractivity contribution in [3.8, 4) is 11.5 Å². The molecule has 6 heteroatoms. The van der Waals surface area contributed by atoms with Gasteiger partial charge in [0.25, 0.3) is 0 Å². The van der Waals surface area contributed by atoms with Crippen LogP contribution < -0.4 is 14.4 Å². The maximum Gasteiger partial charge on any atom is 0.227 e. The predicted octanol–water partition coefficient (Wildman–Crippen LogP) is 4.68.